The largest absolute Gasteiger partial charge is 0.439 e. The molecule has 2 rings (SSSR count). The molecule has 0 saturated carbocycles. The highest BCUT2D eigenvalue weighted by molar-refractivity contribution is 9.10. The summed E-state index contributed by atoms with van der Waals surface area (Å²) in [7, 11) is 0. The molecule has 0 fully saturated rings. The first kappa shape index (κ1) is 12.5. The predicted molar refractivity (Wildman–Crippen MR) is 68.4 cm³/mol. The average Bonchev–Trinajstić information content (AvgIpc) is 2.26. The topological polar surface area (TPSA) is 99.1 Å². The molecular formula is C10H9BrFN5O. The second kappa shape index (κ2) is 5.15. The van der Waals surface area contributed by atoms with Gasteiger partial charge in [0.1, 0.15) is 17.4 Å². The van der Waals surface area contributed by atoms with E-state index in [0.29, 0.717) is 10.3 Å². The third-order valence-corrected chi connectivity index (χ3v) is 2.38. The number of benzene rings is 1. The normalized spacial score (nSPS) is 10.2. The van der Waals surface area contributed by atoms with E-state index in [0.717, 1.165) is 0 Å². The fourth-order valence-electron chi connectivity index (χ4n) is 1.28. The minimum absolute atomic E-state index is 0.00378. The number of anilines is 2. The molecule has 2 aromatic rings. The van der Waals surface area contributed by atoms with Gasteiger partial charge < -0.3 is 15.9 Å². The van der Waals surface area contributed by atoms with Crippen molar-refractivity contribution in [3.63, 3.8) is 0 Å². The summed E-state index contributed by atoms with van der Waals surface area (Å²) in [5.41, 5.74) is 7.79. The molecule has 6 nitrogen and oxygen atoms in total. The van der Waals surface area contributed by atoms with Crippen LogP contribution in [-0.2, 0) is 0 Å². The number of aromatic nitrogens is 2. The lowest BCUT2D eigenvalue weighted by atomic mass is 10.3. The van der Waals surface area contributed by atoms with Gasteiger partial charge in [0.05, 0.1) is 0 Å². The molecule has 0 bridgehead atoms. The Kier molecular flexibility index (Phi) is 3.58. The van der Waals surface area contributed by atoms with E-state index in [9.17, 15) is 4.39 Å². The Bertz CT molecular complexity index is 560. The fraction of sp³-hybridized carbons (Fsp3) is 0. The molecule has 1 heterocycles. The third-order valence-electron chi connectivity index (χ3n) is 1.93. The zero-order valence-electron chi connectivity index (χ0n) is 9.02. The lowest BCUT2D eigenvalue weighted by Gasteiger charge is -2.07. The van der Waals surface area contributed by atoms with Crippen molar-refractivity contribution in [1.29, 1.82) is 0 Å². The average molecular weight is 314 g/mol. The van der Waals surface area contributed by atoms with Crippen molar-refractivity contribution < 1.29 is 9.13 Å². The zero-order chi connectivity index (χ0) is 13.1. The molecule has 0 aliphatic rings. The quantitative estimate of drug-likeness (QED) is 0.592. The number of nitrogens with one attached hydrogen (secondary N) is 1. The van der Waals surface area contributed by atoms with Crippen LogP contribution in [0.4, 0.5) is 16.2 Å². The summed E-state index contributed by atoms with van der Waals surface area (Å²) in [5.74, 6) is 5.51. The van der Waals surface area contributed by atoms with Crippen LogP contribution in [0.5, 0.6) is 11.6 Å². The number of nitrogens with two attached hydrogens (primary N) is 2. The lowest BCUT2D eigenvalue weighted by molar-refractivity contribution is 0.457. The van der Waals surface area contributed by atoms with Crippen molar-refractivity contribution in [2.24, 2.45) is 5.84 Å². The van der Waals surface area contributed by atoms with Gasteiger partial charge in [-0.1, -0.05) is 15.9 Å². The molecule has 8 heteroatoms. The highest BCUT2D eigenvalue weighted by Crippen LogP contribution is 2.26. The maximum Gasteiger partial charge on any atom is 0.226 e. The summed E-state index contributed by atoms with van der Waals surface area (Å²) in [5, 5.41) is 0. The van der Waals surface area contributed by atoms with Crippen molar-refractivity contribution in [2.75, 3.05) is 11.2 Å². The van der Waals surface area contributed by atoms with Crippen molar-refractivity contribution in [3.05, 3.63) is 34.6 Å². The molecule has 94 valence electrons. The Balaban J connectivity index is 2.30. The van der Waals surface area contributed by atoms with Crippen LogP contribution < -0.4 is 21.7 Å². The maximum atomic E-state index is 13.2. The standard InChI is InChI=1S/C10H9BrFN5O/c11-5-1-6(12)3-7(2-5)18-9-4-8(17-14)15-10(13)16-9/h1-4H,14H2,(H3,13,15,16,17). The second-order valence-electron chi connectivity index (χ2n) is 3.30. The Hall–Kier alpha value is -1.93. The highest BCUT2D eigenvalue weighted by atomic mass is 79.9. The molecule has 0 aliphatic heterocycles. The minimum Gasteiger partial charge on any atom is -0.439 e. The van der Waals surface area contributed by atoms with Crippen molar-refractivity contribution in [2.45, 2.75) is 0 Å². The molecule has 0 amide bonds. The van der Waals surface area contributed by atoms with Crippen LogP contribution in [0, 0.1) is 5.82 Å². The summed E-state index contributed by atoms with van der Waals surface area (Å²) >= 11 is 3.16. The first-order chi connectivity index (χ1) is 8.56. The van der Waals surface area contributed by atoms with Crippen LogP contribution >= 0.6 is 15.9 Å². The number of halogens is 2. The Morgan fingerprint density at radius 3 is 2.67 bits per heavy atom. The number of rotatable bonds is 3. The monoisotopic (exact) mass is 313 g/mol. The van der Waals surface area contributed by atoms with E-state index < -0.39 is 5.82 Å². The minimum atomic E-state index is -0.432. The van der Waals surface area contributed by atoms with Gasteiger partial charge in [0.15, 0.2) is 0 Å². The zero-order valence-corrected chi connectivity index (χ0v) is 10.6. The van der Waals surface area contributed by atoms with Gasteiger partial charge in [0, 0.05) is 16.6 Å². The Labute approximate surface area is 110 Å². The first-order valence-electron chi connectivity index (χ1n) is 4.82. The van der Waals surface area contributed by atoms with E-state index in [1.165, 1.54) is 18.2 Å². The fourth-order valence-corrected chi connectivity index (χ4v) is 1.72. The molecule has 0 radical (unpaired) electrons. The van der Waals surface area contributed by atoms with E-state index in [1.54, 1.807) is 6.07 Å². The van der Waals surface area contributed by atoms with Crippen LogP contribution in [0.1, 0.15) is 0 Å². The van der Waals surface area contributed by atoms with E-state index >= 15 is 0 Å². The molecule has 0 unspecified atom stereocenters. The van der Waals surface area contributed by atoms with Crippen LogP contribution in [0.25, 0.3) is 0 Å². The van der Waals surface area contributed by atoms with E-state index in [-0.39, 0.29) is 17.6 Å². The van der Waals surface area contributed by atoms with E-state index in [2.05, 4.69) is 31.3 Å². The van der Waals surface area contributed by atoms with Crippen LogP contribution in [0.2, 0.25) is 0 Å². The SMILES string of the molecule is NNc1cc(Oc2cc(F)cc(Br)c2)nc(N)n1. The van der Waals surface area contributed by atoms with Gasteiger partial charge in [0.2, 0.25) is 11.8 Å². The lowest BCUT2D eigenvalue weighted by Crippen LogP contribution is -2.10. The van der Waals surface area contributed by atoms with Gasteiger partial charge in [-0.3, -0.25) is 0 Å². The van der Waals surface area contributed by atoms with Gasteiger partial charge >= 0.3 is 0 Å². The number of nitrogen functional groups attached to an aromatic ring is 2. The molecule has 5 N–H and O–H groups in total. The Morgan fingerprint density at radius 2 is 2.00 bits per heavy atom. The molecule has 0 spiro atoms. The van der Waals surface area contributed by atoms with E-state index in [4.69, 9.17) is 16.3 Å². The van der Waals surface area contributed by atoms with Crippen molar-refractivity contribution in [3.8, 4) is 11.6 Å². The summed E-state index contributed by atoms with van der Waals surface area (Å²) in [6.45, 7) is 0. The van der Waals surface area contributed by atoms with Crippen molar-refractivity contribution in [1.82, 2.24) is 9.97 Å². The Morgan fingerprint density at radius 1 is 1.22 bits per heavy atom. The number of hydrazine groups is 1. The summed E-state index contributed by atoms with van der Waals surface area (Å²) < 4.78 is 19.1. The molecule has 0 atom stereocenters. The third kappa shape index (κ3) is 3.05. The second-order valence-corrected chi connectivity index (χ2v) is 4.22. The smallest absolute Gasteiger partial charge is 0.226 e. The van der Waals surface area contributed by atoms with Crippen molar-refractivity contribution >= 4 is 27.7 Å². The molecule has 1 aromatic carbocycles. The van der Waals surface area contributed by atoms with Gasteiger partial charge in [-0.2, -0.15) is 9.97 Å². The van der Waals surface area contributed by atoms with Gasteiger partial charge in [-0.05, 0) is 12.1 Å². The maximum absolute atomic E-state index is 13.2. The number of hydrogen-bond acceptors (Lipinski definition) is 6. The molecule has 0 aliphatic carbocycles. The van der Waals surface area contributed by atoms with Crippen LogP contribution in [-0.4, -0.2) is 9.97 Å². The molecule has 1 aromatic heterocycles. The summed E-state index contributed by atoms with van der Waals surface area (Å²) in [4.78, 5) is 7.64. The van der Waals surface area contributed by atoms with Gasteiger partial charge in [-0.25, -0.2) is 10.2 Å². The highest BCUT2D eigenvalue weighted by Gasteiger charge is 2.06. The number of hydrogen-bond donors (Lipinski definition) is 3. The van der Waals surface area contributed by atoms with Crippen LogP contribution in [0.3, 0.4) is 0 Å². The number of nitrogens with zero attached hydrogens (tertiary/aromatic N) is 2. The summed E-state index contributed by atoms with van der Waals surface area (Å²) in [6.07, 6.45) is 0. The van der Waals surface area contributed by atoms with Gasteiger partial charge in [0.25, 0.3) is 0 Å². The molecular weight excluding hydrogens is 305 g/mol. The molecule has 0 saturated heterocycles. The number of ether oxygens (including phenoxy) is 1. The predicted octanol–water partition coefficient (Wildman–Crippen LogP) is 2.04. The first-order valence-corrected chi connectivity index (χ1v) is 5.61. The van der Waals surface area contributed by atoms with E-state index in [1.807, 2.05) is 0 Å². The molecule has 18 heavy (non-hydrogen) atoms. The summed E-state index contributed by atoms with van der Waals surface area (Å²) in [6, 6.07) is 5.57. The van der Waals surface area contributed by atoms with Crippen LogP contribution in [0.15, 0.2) is 28.7 Å². The van der Waals surface area contributed by atoms with Gasteiger partial charge in [-0.15, -0.1) is 0 Å².